The number of anilines is 1. The molecule has 0 spiro atoms. The standard InChI is InChI=1S/C21H17N5S/c22-12-15-7-8-17(24-13-15)4-3-10-23-21-18-5-1-2-6-19(18)25-20(26-21)16-9-11-27-14-16/h1-2,5-9,11,13-14H,3-4,10H2,(H,23,25,26). The van der Waals surface area contributed by atoms with Crippen molar-refractivity contribution in [3.05, 3.63) is 70.7 Å². The molecule has 27 heavy (non-hydrogen) atoms. The van der Waals surface area contributed by atoms with Gasteiger partial charge in [0, 0.05) is 34.8 Å². The predicted octanol–water partition coefficient (Wildman–Crippen LogP) is 4.67. The zero-order chi connectivity index (χ0) is 18.5. The zero-order valence-corrected chi connectivity index (χ0v) is 15.4. The third kappa shape index (κ3) is 3.94. The maximum absolute atomic E-state index is 8.83. The largest absolute Gasteiger partial charge is 0.369 e. The van der Waals surface area contributed by atoms with E-state index in [1.807, 2.05) is 41.8 Å². The molecular weight excluding hydrogens is 354 g/mol. The van der Waals surface area contributed by atoms with Gasteiger partial charge in [-0.05, 0) is 48.6 Å². The van der Waals surface area contributed by atoms with Crippen molar-refractivity contribution in [2.45, 2.75) is 12.8 Å². The molecule has 0 aliphatic carbocycles. The van der Waals surface area contributed by atoms with Crippen LogP contribution in [0, 0.1) is 11.3 Å². The molecule has 0 unspecified atom stereocenters. The fourth-order valence-electron chi connectivity index (χ4n) is 2.85. The molecule has 1 aromatic carbocycles. The highest BCUT2D eigenvalue weighted by Crippen LogP contribution is 2.26. The molecule has 0 fully saturated rings. The number of hydrogen-bond acceptors (Lipinski definition) is 6. The minimum absolute atomic E-state index is 0.588. The second-order valence-corrected chi connectivity index (χ2v) is 6.89. The van der Waals surface area contributed by atoms with E-state index in [0.29, 0.717) is 5.56 Å². The number of nitriles is 1. The van der Waals surface area contributed by atoms with Gasteiger partial charge in [0.2, 0.25) is 0 Å². The van der Waals surface area contributed by atoms with Crippen LogP contribution in [0.1, 0.15) is 17.7 Å². The molecule has 0 atom stereocenters. The summed E-state index contributed by atoms with van der Waals surface area (Å²) in [6.07, 6.45) is 3.39. The van der Waals surface area contributed by atoms with Crippen LogP contribution in [0.3, 0.4) is 0 Å². The van der Waals surface area contributed by atoms with Gasteiger partial charge in [-0.25, -0.2) is 9.97 Å². The number of nitrogens with one attached hydrogen (secondary N) is 1. The number of fused-ring (bicyclic) bond motifs is 1. The first-order valence-corrected chi connectivity index (χ1v) is 9.66. The van der Waals surface area contributed by atoms with Gasteiger partial charge in [-0.15, -0.1) is 0 Å². The van der Waals surface area contributed by atoms with E-state index in [-0.39, 0.29) is 0 Å². The first kappa shape index (κ1) is 17.1. The van der Waals surface area contributed by atoms with Crippen molar-refractivity contribution in [2.24, 2.45) is 0 Å². The van der Waals surface area contributed by atoms with Crippen molar-refractivity contribution in [3.63, 3.8) is 0 Å². The Morgan fingerprint density at radius 2 is 2.00 bits per heavy atom. The highest BCUT2D eigenvalue weighted by molar-refractivity contribution is 7.08. The molecular formula is C21H17N5S. The van der Waals surface area contributed by atoms with Crippen LogP contribution in [0.4, 0.5) is 5.82 Å². The van der Waals surface area contributed by atoms with E-state index in [0.717, 1.165) is 53.2 Å². The van der Waals surface area contributed by atoms with E-state index >= 15 is 0 Å². The fourth-order valence-corrected chi connectivity index (χ4v) is 3.48. The Hall–Kier alpha value is -3.30. The summed E-state index contributed by atoms with van der Waals surface area (Å²) in [6, 6.07) is 15.9. The van der Waals surface area contributed by atoms with E-state index in [4.69, 9.17) is 10.2 Å². The quantitative estimate of drug-likeness (QED) is 0.499. The van der Waals surface area contributed by atoms with Crippen LogP contribution in [0.15, 0.2) is 59.4 Å². The average molecular weight is 371 g/mol. The van der Waals surface area contributed by atoms with Crippen molar-refractivity contribution in [3.8, 4) is 17.5 Å². The lowest BCUT2D eigenvalue weighted by atomic mass is 10.2. The minimum Gasteiger partial charge on any atom is -0.369 e. The molecule has 6 heteroatoms. The molecule has 0 saturated carbocycles. The van der Waals surface area contributed by atoms with Crippen LogP contribution in [0.25, 0.3) is 22.3 Å². The fraction of sp³-hybridized carbons (Fsp3) is 0.143. The lowest BCUT2D eigenvalue weighted by molar-refractivity contribution is 0.833. The lowest BCUT2D eigenvalue weighted by Gasteiger charge is -2.10. The monoisotopic (exact) mass is 371 g/mol. The van der Waals surface area contributed by atoms with E-state index in [1.54, 1.807) is 23.6 Å². The van der Waals surface area contributed by atoms with Crippen LogP contribution in [-0.2, 0) is 6.42 Å². The summed E-state index contributed by atoms with van der Waals surface area (Å²) in [4.78, 5) is 13.8. The second kappa shape index (κ2) is 7.94. The summed E-state index contributed by atoms with van der Waals surface area (Å²) in [7, 11) is 0. The molecule has 5 nitrogen and oxygen atoms in total. The van der Waals surface area contributed by atoms with Gasteiger partial charge in [0.05, 0.1) is 11.1 Å². The van der Waals surface area contributed by atoms with Crippen LogP contribution in [0.5, 0.6) is 0 Å². The number of hydrogen-bond donors (Lipinski definition) is 1. The SMILES string of the molecule is N#Cc1ccc(CCCNc2nc(-c3ccsc3)nc3ccccc23)nc1. The molecule has 0 bridgehead atoms. The number of thiophene rings is 1. The van der Waals surface area contributed by atoms with Gasteiger partial charge in [0.15, 0.2) is 5.82 Å². The van der Waals surface area contributed by atoms with Crippen molar-refractivity contribution in [1.82, 2.24) is 15.0 Å². The Bertz CT molecular complexity index is 1080. The van der Waals surface area contributed by atoms with Gasteiger partial charge in [-0.1, -0.05) is 12.1 Å². The van der Waals surface area contributed by atoms with E-state index in [1.165, 1.54) is 0 Å². The van der Waals surface area contributed by atoms with Gasteiger partial charge < -0.3 is 5.32 Å². The van der Waals surface area contributed by atoms with Gasteiger partial charge in [0.25, 0.3) is 0 Å². The summed E-state index contributed by atoms with van der Waals surface area (Å²) < 4.78 is 0. The Labute approximate surface area is 161 Å². The van der Waals surface area contributed by atoms with Crippen LogP contribution < -0.4 is 5.32 Å². The summed E-state index contributed by atoms with van der Waals surface area (Å²) in [5.74, 6) is 1.60. The third-order valence-electron chi connectivity index (χ3n) is 4.24. The van der Waals surface area contributed by atoms with Gasteiger partial charge in [0.1, 0.15) is 11.9 Å². The lowest BCUT2D eigenvalue weighted by Crippen LogP contribution is -2.07. The Kier molecular flexibility index (Phi) is 5.04. The number of para-hydroxylation sites is 1. The Morgan fingerprint density at radius 3 is 2.78 bits per heavy atom. The minimum atomic E-state index is 0.588. The molecule has 0 amide bonds. The predicted molar refractivity (Wildman–Crippen MR) is 109 cm³/mol. The summed E-state index contributed by atoms with van der Waals surface area (Å²) in [6.45, 7) is 0.783. The van der Waals surface area contributed by atoms with Gasteiger partial charge >= 0.3 is 0 Å². The number of nitrogens with zero attached hydrogens (tertiary/aromatic N) is 4. The first-order chi connectivity index (χ1) is 13.3. The average Bonchev–Trinajstić information content (AvgIpc) is 3.26. The van der Waals surface area contributed by atoms with Gasteiger partial charge in [-0.3, -0.25) is 4.98 Å². The van der Waals surface area contributed by atoms with Crippen LogP contribution in [-0.4, -0.2) is 21.5 Å². The van der Waals surface area contributed by atoms with Crippen LogP contribution in [0.2, 0.25) is 0 Å². The van der Waals surface area contributed by atoms with Crippen molar-refractivity contribution in [2.75, 3.05) is 11.9 Å². The second-order valence-electron chi connectivity index (χ2n) is 6.11. The molecule has 0 radical (unpaired) electrons. The summed E-state index contributed by atoms with van der Waals surface area (Å²) in [5, 5.41) is 17.4. The van der Waals surface area contributed by atoms with E-state index in [2.05, 4.69) is 26.7 Å². The molecule has 0 aliphatic rings. The number of pyridine rings is 1. The first-order valence-electron chi connectivity index (χ1n) is 8.72. The molecule has 0 aliphatic heterocycles. The Balaban J connectivity index is 1.48. The van der Waals surface area contributed by atoms with Crippen LogP contribution >= 0.6 is 11.3 Å². The summed E-state index contributed by atoms with van der Waals surface area (Å²) in [5.41, 5.74) is 3.55. The highest BCUT2D eigenvalue weighted by atomic mass is 32.1. The molecule has 3 aromatic heterocycles. The maximum atomic E-state index is 8.83. The number of rotatable bonds is 6. The van der Waals surface area contributed by atoms with Gasteiger partial charge in [-0.2, -0.15) is 16.6 Å². The molecule has 3 heterocycles. The van der Waals surface area contributed by atoms with E-state index < -0.39 is 0 Å². The number of aromatic nitrogens is 3. The smallest absolute Gasteiger partial charge is 0.162 e. The zero-order valence-electron chi connectivity index (χ0n) is 14.6. The molecule has 0 saturated heterocycles. The van der Waals surface area contributed by atoms with Crippen molar-refractivity contribution >= 4 is 28.1 Å². The Morgan fingerprint density at radius 1 is 1.07 bits per heavy atom. The number of aryl methyl sites for hydroxylation is 1. The van der Waals surface area contributed by atoms with Crippen molar-refractivity contribution < 1.29 is 0 Å². The molecule has 4 rings (SSSR count). The summed E-state index contributed by atoms with van der Waals surface area (Å²) >= 11 is 1.64. The van der Waals surface area contributed by atoms with E-state index in [9.17, 15) is 0 Å². The number of benzene rings is 1. The highest BCUT2D eigenvalue weighted by Gasteiger charge is 2.09. The molecule has 1 N–H and O–H groups in total. The topological polar surface area (TPSA) is 74.5 Å². The maximum Gasteiger partial charge on any atom is 0.162 e. The molecule has 132 valence electrons. The third-order valence-corrected chi connectivity index (χ3v) is 4.92. The van der Waals surface area contributed by atoms with Crippen molar-refractivity contribution in [1.29, 1.82) is 5.26 Å². The molecule has 4 aromatic rings. The normalized spacial score (nSPS) is 10.6.